The van der Waals surface area contributed by atoms with E-state index in [1.165, 1.54) is 0 Å². The quantitative estimate of drug-likeness (QED) is 0.469. The molecule has 0 saturated carbocycles. The van der Waals surface area contributed by atoms with Crippen molar-refractivity contribution in [3.63, 3.8) is 0 Å². The monoisotopic (exact) mass is 140 g/mol. The van der Waals surface area contributed by atoms with Crippen LogP contribution in [0.2, 0.25) is 0 Å². The Balaban J connectivity index is 2.60. The molecule has 0 unspecified atom stereocenters. The van der Waals surface area contributed by atoms with Gasteiger partial charge in [-0.15, -0.1) is 0 Å². The van der Waals surface area contributed by atoms with Crippen molar-refractivity contribution < 1.29 is 4.79 Å². The number of likely N-dealkylation sites (N-methyl/N-ethyl adjacent to an activating group) is 2. The Hall–Kier alpha value is -0.990. The Morgan fingerprint density at radius 1 is 1.50 bits per heavy atom. The lowest BCUT2D eigenvalue weighted by Crippen LogP contribution is -2.32. The topological polar surface area (TPSA) is 23.6 Å². The molecule has 0 fully saturated rings. The smallest absolute Gasteiger partial charge is 0.242 e. The van der Waals surface area contributed by atoms with Crippen LogP contribution in [0.15, 0.2) is 12.3 Å². The molecule has 0 aliphatic carbocycles. The zero-order valence-corrected chi connectivity index (χ0v) is 6.37. The van der Waals surface area contributed by atoms with Crippen LogP contribution in [0.5, 0.6) is 0 Å². The van der Waals surface area contributed by atoms with Gasteiger partial charge in [0.1, 0.15) is 0 Å². The molecule has 1 rings (SSSR count). The fourth-order valence-corrected chi connectivity index (χ4v) is 0.874. The molecule has 1 aliphatic rings. The fourth-order valence-electron chi connectivity index (χ4n) is 0.874. The van der Waals surface area contributed by atoms with E-state index in [0.29, 0.717) is 6.54 Å². The highest BCUT2D eigenvalue weighted by Crippen LogP contribution is 1.95. The van der Waals surface area contributed by atoms with E-state index >= 15 is 0 Å². The van der Waals surface area contributed by atoms with Crippen molar-refractivity contribution in [3.8, 4) is 0 Å². The number of rotatable bonds is 0. The standard InChI is InChI=1S/C7H12N2O/c1-8-4-3-5-9(2)7(10)6-8/h3-4H,5-6H2,1-2H3. The highest BCUT2D eigenvalue weighted by molar-refractivity contribution is 5.78. The van der Waals surface area contributed by atoms with Gasteiger partial charge in [0.2, 0.25) is 5.91 Å². The van der Waals surface area contributed by atoms with E-state index in [4.69, 9.17) is 0 Å². The van der Waals surface area contributed by atoms with Crippen LogP contribution in [-0.2, 0) is 4.79 Å². The summed E-state index contributed by atoms with van der Waals surface area (Å²) in [7, 11) is 3.71. The SMILES string of the molecule is CN1C=CCN(C)C(=O)C1. The summed E-state index contributed by atoms with van der Waals surface area (Å²) in [5.74, 6) is 0.174. The Kier molecular flexibility index (Phi) is 1.94. The number of carbonyl (C=O) groups is 1. The van der Waals surface area contributed by atoms with Gasteiger partial charge in [-0.2, -0.15) is 0 Å². The van der Waals surface area contributed by atoms with Gasteiger partial charge >= 0.3 is 0 Å². The van der Waals surface area contributed by atoms with Gasteiger partial charge < -0.3 is 9.80 Å². The molecule has 3 heteroatoms. The van der Waals surface area contributed by atoms with E-state index in [0.717, 1.165) is 6.54 Å². The molecule has 1 amide bonds. The van der Waals surface area contributed by atoms with Gasteiger partial charge in [-0.25, -0.2) is 0 Å². The summed E-state index contributed by atoms with van der Waals surface area (Å²) >= 11 is 0. The third-order valence-corrected chi connectivity index (χ3v) is 1.55. The fraction of sp³-hybridized carbons (Fsp3) is 0.571. The number of nitrogens with zero attached hydrogens (tertiary/aromatic N) is 2. The lowest BCUT2D eigenvalue weighted by atomic mass is 10.5. The molecule has 0 radical (unpaired) electrons. The molecule has 3 nitrogen and oxygen atoms in total. The minimum atomic E-state index is 0.174. The first kappa shape index (κ1) is 7.12. The van der Waals surface area contributed by atoms with Gasteiger partial charge in [0.15, 0.2) is 0 Å². The number of hydrogen-bond acceptors (Lipinski definition) is 2. The molecule has 0 spiro atoms. The molecular weight excluding hydrogens is 128 g/mol. The molecule has 10 heavy (non-hydrogen) atoms. The Labute approximate surface area is 60.9 Å². The third-order valence-electron chi connectivity index (χ3n) is 1.55. The average molecular weight is 140 g/mol. The molecule has 0 aromatic heterocycles. The lowest BCUT2D eigenvalue weighted by molar-refractivity contribution is -0.129. The molecule has 0 N–H and O–H groups in total. The molecule has 0 saturated heterocycles. The van der Waals surface area contributed by atoms with Crippen LogP contribution in [0.25, 0.3) is 0 Å². The Morgan fingerprint density at radius 2 is 2.20 bits per heavy atom. The first-order valence-corrected chi connectivity index (χ1v) is 3.31. The number of amides is 1. The molecule has 0 aromatic carbocycles. The van der Waals surface area contributed by atoms with Gasteiger partial charge in [0, 0.05) is 20.6 Å². The molecule has 1 heterocycles. The average Bonchev–Trinajstić information content (AvgIpc) is 1.96. The second kappa shape index (κ2) is 2.73. The summed E-state index contributed by atoms with van der Waals surface area (Å²) in [4.78, 5) is 14.7. The van der Waals surface area contributed by atoms with E-state index in [1.54, 1.807) is 4.90 Å². The molecule has 1 aliphatic heterocycles. The van der Waals surface area contributed by atoms with Gasteiger partial charge in [-0.3, -0.25) is 4.79 Å². The molecule has 0 bridgehead atoms. The lowest BCUT2D eigenvalue weighted by Gasteiger charge is -2.14. The highest BCUT2D eigenvalue weighted by atomic mass is 16.2. The van der Waals surface area contributed by atoms with Gasteiger partial charge in [-0.05, 0) is 12.3 Å². The maximum Gasteiger partial charge on any atom is 0.242 e. The summed E-state index contributed by atoms with van der Waals surface area (Å²) in [6.45, 7) is 1.22. The van der Waals surface area contributed by atoms with Crippen LogP contribution in [0.3, 0.4) is 0 Å². The normalized spacial score (nSPS) is 19.6. The van der Waals surface area contributed by atoms with Crippen LogP contribution in [0, 0.1) is 0 Å². The van der Waals surface area contributed by atoms with Crippen molar-refractivity contribution >= 4 is 5.91 Å². The maximum absolute atomic E-state index is 11.1. The van der Waals surface area contributed by atoms with Crippen molar-refractivity contribution in [1.29, 1.82) is 0 Å². The van der Waals surface area contributed by atoms with Gasteiger partial charge in [-0.1, -0.05) is 0 Å². The van der Waals surface area contributed by atoms with Crippen molar-refractivity contribution in [2.24, 2.45) is 0 Å². The molecule has 0 aromatic rings. The molecular formula is C7H12N2O. The second-order valence-corrected chi connectivity index (χ2v) is 2.57. The van der Waals surface area contributed by atoms with Crippen molar-refractivity contribution in [2.75, 3.05) is 27.2 Å². The van der Waals surface area contributed by atoms with E-state index < -0.39 is 0 Å². The zero-order valence-electron chi connectivity index (χ0n) is 6.37. The summed E-state index contributed by atoms with van der Waals surface area (Å²) in [5.41, 5.74) is 0. The van der Waals surface area contributed by atoms with Crippen LogP contribution < -0.4 is 0 Å². The Bertz CT molecular complexity index is 165. The van der Waals surface area contributed by atoms with E-state index in [9.17, 15) is 4.79 Å². The maximum atomic E-state index is 11.1. The number of carbonyl (C=O) groups excluding carboxylic acids is 1. The molecule has 56 valence electrons. The minimum absolute atomic E-state index is 0.174. The zero-order chi connectivity index (χ0) is 7.56. The highest BCUT2D eigenvalue weighted by Gasteiger charge is 2.10. The summed E-state index contributed by atoms with van der Waals surface area (Å²) in [6.07, 6.45) is 3.91. The van der Waals surface area contributed by atoms with Gasteiger partial charge in [0.05, 0.1) is 6.54 Å². The van der Waals surface area contributed by atoms with E-state index in [2.05, 4.69) is 0 Å². The van der Waals surface area contributed by atoms with Crippen LogP contribution in [-0.4, -0.2) is 42.9 Å². The van der Waals surface area contributed by atoms with Crippen molar-refractivity contribution in [1.82, 2.24) is 9.80 Å². The van der Waals surface area contributed by atoms with E-state index in [1.807, 2.05) is 31.3 Å². The van der Waals surface area contributed by atoms with E-state index in [-0.39, 0.29) is 5.91 Å². The summed E-state index contributed by atoms with van der Waals surface area (Å²) in [5, 5.41) is 0. The first-order chi connectivity index (χ1) is 4.70. The van der Waals surface area contributed by atoms with Gasteiger partial charge in [0.25, 0.3) is 0 Å². The predicted molar refractivity (Wildman–Crippen MR) is 39.4 cm³/mol. The van der Waals surface area contributed by atoms with Crippen molar-refractivity contribution in [2.45, 2.75) is 0 Å². The van der Waals surface area contributed by atoms with Crippen LogP contribution >= 0.6 is 0 Å². The van der Waals surface area contributed by atoms with Crippen LogP contribution in [0.1, 0.15) is 0 Å². The number of hydrogen-bond donors (Lipinski definition) is 0. The summed E-state index contributed by atoms with van der Waals surface area (Å²) < 4.78 is 0. The molecule has 0 atom stereocenters. The largest absolute Gasteiger partial charge is 0.371 e. The third kappa shape index (κ3) is 1.50. The summed E-state index contributed by atoms with van der Waals surface area (Å²) in [6, 6.07) is 0. The predicted octanol–water partition coefficient (Wildman–Crippen LogP) is -0.0961. The van der Waals surface area contributed by atoms with Crippen molar-refractivity contribution in [3.05, 3.63) is 12.3 Å². The second-order valence-electron chi connectivity index (χ2n) is 2.57. The van der Waals surface area contributed by atoms with Crippen LogP contribution in [0.4, 0.5) is 0 Å². The Morgan fingerprint density at radius 3 is 2.90 bits per heavy atom. The first-order valence-electron chi connectivity index (χ1n) is 3.31. The minimum Gasteiger partial charge on any atom is -0.371 e.